The van der Waals surface area contributed by atoms with Crippen molar-refractivity contribution in [1.29, 1.82) is 0 Å². The van der Waals surface area contributed by atoms with E-state index in [4.69, 9.17) is 4.74 Å². The molecule has 1 atom stereocenters. The maximum absolute atomic E-state index is 11.7. The van der Waals surface area contributed by atoms with Gasteiger partial charge in [-0.15, -0.1) is 0 Å². The van der Waals surface area contributed by atoms with Gasteiger partial charge in [0.05, 0.1) is 13.7 Å². The van der Waals surface area contributed by atoms with Gasteiger partial charge in [0.25, 0.3) is 5.56 Å². The molecule has 106 valence electrons. The zero-order chi connectivity index (χ0) is 14.5. The lowest BCUT2D eigenvalue weighted by Gasteiger charge is -2.15. The van der Waals surface area contributed by atoms with Gasteiger partial charge in [-0.25, -0.2) is 4.68 Å². The van der Waals surface area contributed by atoms with Crippen LogP contribution < -0.4 is 15.6 Å². The van der Waals surface area contributed by atoms with E-state index in [1.807, 2.05) is 25.2 Å². The highest BCUT2D eigenvalue weighted by Gasteiger charge is 2.10. The predicted octanol–water partition coefficient (Wildman–Crippen LogP) is 1.58. The second kappa shape index (κ2) is 6.34. The SMILES string of the molecule is CNC(C)c1ccc(OC)c(Cn2ncccc2=O)c1. The fourth-order valence-electron chi connectivity index (χ4n) is 2.03. The van der Waals surface area contributed by atoms with E-state index in [-0.39, 0.29) is 11.6 Å². The minimum Gasteiger partial charge on any atom is -0.496 e. The summed E-state index contributed by atoms with van der Waals surface area (Å²) in [4.78, 5) is 11.7. The molecule has 1 N–H and O–H groups in total. The number of rotatable bonds is 5. The lowest BCUT2D eigenvalue weighted by atomic mass is 10.0. The number of nitrogens with one attached hydrogen (secondary N) is 1. The molecule has 1 aromatic heterocycles. The van der Waals surface area contributed by atoms with Crippen LogP contribution in [0.5, 0.6) is 5.75 Å². The molecule has 0 aliphatic carbocycles. The highest BCUT2D eigenvalue weighted by molar-refractivity contribution is 5.38. The number of nitrogens with zero attached hydrogens (tertiary/aromatic N) is 2. The number of benzene rings is 1. The number of hydrogen-bond acceptors (Lipinski definition) is 4. The molecule has 0 saturated heterocycles. The Hall–Kier alpha value is -2.14. The van der Waals surface area contributed by atoms with Crippen LogP contribution in [-0.2, 0) is 6.54 Å². The molecule has 0 fully saturated rings. The normalized spacial score (nSPS) is 12.2. The first-order valence-electron chi connectivity index (χ1n) is 6.52. The van der Waals surface area contributed by atoms with Crippen LogP contribution in [0.25, 0.3) is 0 Å². The summed E-state index contributed by atoms with van der Waals surface area (Å²) < 4.78 is 6.78. The van der Waals surface area contributed by atoms with Crippen molar-refractivity contribution in [2.75, 3.05) is 14.2 Å². The summed E-state index contributed by atoms with van der Waals surface area (Å²) in [6.45, 7) is 2.48. The molecule has 1 heterocycles. The standard InChI is InChI=1S/C15H19N3O2/c1-11(16-2)12-6-7-14(20-3)13(9-12)10-18-15(19)5-4-8-17-18/h4-9,11,16H,10H2,1-3H3. The van der Waals surface area contributed by atoms with Crippen LogP contribution in [0.15, 0.2) is 41.3 Å². The van der Waals surface area contributed by atoms with Gasteiger partial charge < -0.3 is 10.1 Å². The van der Waals surface area contributed by atoms with E-state index in [1.165, 1.54) is 10.7 Å². The van der Waals surface area contributed by atoms with Crippen molar-refractivity contribution in [3.63, 3.8) is 0 Å². The van der Waals surface area contributed by atoms with Crippen molar-refractivity contribution in [1.82, 2.24) is 15.1 Å². The molecule has 5 nitrogen and oxygen atoms in total. The average molecular weight is 273 g/mol. The molecule has 0 radical (unpaired) electrons. The minimum atomic E-state index is -0.123. The van der Waals surface area contributed by atoms with Crippen LogP contribution in [0.3, 0.4) is 0 Å². The molecule has 1 unspecified atom stereocenters. The van der Waals surface area contributed by atoms with Gasteiger partial charge in [0.2, 0.25) is 0 Å². The molecular formula is C15H19N3O2. The minimum absolute atomic E-state index is 0.123. The number of ether oxygens (including phenoxy) is 1. The monoisotopic (exact) mass is 273 g/mol. The van der Waals surface area contributed by atoms with Crippen molar-refractivity contribution >= 4 is 0 Å². The van der Waals surface area contributed by atoms with Crippen LogP contribution >= 0.6 is 0 Å². The quantitative estimate of drug-likeness (QED) is 0.898. The van der Waals surface area contributed by atoms with E-state index < -0.39 is 0 Å². The summed E-state index contributed by atoms with van der Waals surface area (Å²) in [7, 11) is 3.54. The fourth-order valence-corrected chi connectivity index (χ4v) is 2.03. The average Bonchev–Trinajstić information content (AvgIpc) is 2.48. The zero-order valence-electron chi connectivity index (χ0n) is 12.0. The molecule has 0 bridgehead atoms. The predicted molar refractivity (Wildman–Crippen MR) is 78.1 cm³/mol. The summed E-state index contributed by atoms with van der Waals surface area (Å²) in [5.41, 5.74) is 1.96. The van der Waals surface area contributed by atoms with Gasteiger partial charge in [-0.1, -0.05) is 6.07 Å². The van der Waals surface area contributed by atoms with Crippen LogP contribution in [0.2, 0.25) is 0 Å². The van der Waals surface area contributed by atoms with Crippen LogP contribution in [0.1, 0.15) is 24.1 Å². The van der Waals surface area contributed by atoms with Crippen LogP contribution in [0.4, 0.5) is 0 Å². The molecule has 20 heavy (non-hydrogen) atoms. The molecule has 2 rings (SSSR count). The van der Waals surface area contributed by atoms with Gasteiger partial charge in [0, 0.05) is 23.9 Å². The number of methoxy groups -OCH3 is 1. The first-order valence-corrected chi connectivity index (χ1v) is 6.52. The smallest absolute Gasteiger partial charge is 0.267 e. The maximum Gasteiger partial charge on any atom is 0.267 e. The van der Waals surface area contributed by atoms with E-state index in [0.29, 0.717) is 6.54 Å². The first kappa shape index (κ1) is 14.3. The van der Waals surface area contributed by atoms with Gasteiger partial charge in [-0.2, -0.15) is 5.10 Å². The summed E-state index contributed by atoms with van der Waals surface area (Å²) in [6.07, 6.45) is 1.61. The van der Waals surface area contributed by atoms with E-state index in [1.54, 1.807) is 19.4 Å². The highest BCUT2D eigenvalue weighted by Crippen LogP contribution is 2.23. The molecule has 0 spiro atoms. The largest absolute Gasteiger partial charge is 0.496 e. The molecule has 2 aromatic rings. The molecular weight excluding hydrogens is 254 g/mol. The molecule has 0 aliphatic rings. The van der Waals surface area contributed by atoms with Crippen molar-refractivity contribution in [2.24, 2.45) is 0 Å². The zero-order valence-corrected chi connectivity index (χ0v) is 12.0. The molecule has 5 heteroatoms. The van der Waals surface area contributed by atoms with Crippen molar-refractivity contribution in [3.8, 4) is 5.75 Å². The Kier molecular flexibility index (Phi) is 4.53. The van der Waals surface area contributed by atoms with Crippen molar-refractivity contribution in [3.05, 3.63) is 58.0 Å². The van der Waals surface area contributed by atoms with Crippen LogP contribution in [0, 0.1) is 0 Å². The first-order chi connectivity index (χ1) is 9.65. The highest BCUT2D eigenvalue weighted by atomic mass is 16.5. The lowest BCUT2D eigenvalue weighted by Crippen LogP contribution is -2.22. The van der Waals surface area contributed by atoms with Crippen LogP contribution in [-0.4, -0.2) is 23.9 Å². The Morgan fingerprint density at radius 1 is 1.40 bits per heavy atom. The van der Waals surface area contributed by atoms with E-state index in [0.717, 1.165) is 16.9 Å². The summed E-state index contributed by atoms with van der Waals surface area (Å²) in [5, 5.41) is 7.27. The third-order valence-electron chi connectivity index (χ3n) is 3.34. The molecule has 0 saturated carbocycles. The number of aromatic nitrogens is 2. The Morgan fingerprint density at radius 3 is 2.85 bits per heavy atom. The van der Waals surface area contributed by atoms with Gasteiger partial charge in [-0.05, 0) is 37.7 Å². The summed E-state index contributed by atoms with van der Waals surface area (Å²) in [6, 6.07) is 9.35. The Balaban J connectivity index is 2.38. The summed E-state index contributed by atoms with van der Waals surface area (Å²) >= 11 is 0. The summed E-state index contributed by atoms with van der Waals surface area (Å²) in [5.74, 6) is 0.759. The maximum atomic E-state index is 11.7. The van der Waals surface area contributed by atoms with E-state index >= 15 is 0 Å². The fraction of sp³-hybridized carbons (Fsp3) is 0.333. The Labute approximate surface area is 118 Å². The molecule has 0 amide bonds. The second-order valence-corrected chi connectivity index (χ2v) is 4.60. The van der Waals surface area contributed by atoms with Crippen molar-refractivity contribution in [2.45, 2.75) is 19.5 Å². The van der Waals surface area contributed by atoms with E-state index in [2.05, 4.69) is 17.3 Å². The Morgan fingerprint density at radius 2 is 2.20 bits per heavy atom. The van der Waals surface area contributed by atoms with Gasteiger partial charge in [-0.3, -0.25) is 4.79 Å². The van der Waals surface area contributed by atoms with Gasteiger partial charge in [0.1, 0.15) is 5.75 Å². The third kappa shape index (κ3) is 3.05. The van der Waals surface area contributed by atoms with Crippen molar-refractivity contribution < 1.29 is 4.74 Å². The molecule has 0 aliphatic heterocycles. The third-order valence-corrected chi connectivity index (χ3v) is 3.34. The molecule has 1 aromatic carbocycles. The van der Waals surface area contributed by atoms with Gasteiger partial charge in [0.15, 0.2) is 0 Å². The van der Waals surface area contributed by atoms with E-state index in [9.17, 15) is 4.79 Å². The number of hydrogen-bond donors (Lipinski definition) is 1. The second-order valence-electron chi connectivity index (χ2n) is 4.60. The topological polar surface area (TPSA) is 56.1 Å². The Bertz CT molecular complexity index is 637. The van der Waals surface area contributed by atoms with Gasteiger partial charge >= 0.3 is 0 Å². The lowest BCUT2D eigenvalue weighted by molar-refractivity contribution is 0.406.